The van der Waals surface area contributed by atoms with Crippen molar-refractivity contribution in [3.8, 4) is 0 Å². The Morgan fingerprint density at radius 2 is 1.95 bits per heavy atom. The van der Waals surface area contributed by atoms with Crippen LogP contribution in [0.3, 0.4) is 0 Å². The third-order valence-corrected chi connectivity index (χ3v) is 2.51. The Labute approximate surface area is 119 Å². The van der Waals surface area contributed by atoms with Gasteiger partial charge in [-0.2, -0.15) is 13.2 Å². The fourth-order valence-corrected chi connectivity index (χ4v) is 1.26. The second kappa shape index (κ2) is 6.76. The number of anilines is 1. The van der Waals surface area contributed by atoms with Gasteiger partial charge in [-0.05, 0) is 12.0 Å². The van der Waals surface area contributed by atoms with E-state index in [9.17, 15) is 22.8 Å². The number of carbonyl (C=O) groups excluding carboxylic acids is 1. The van der Waals surface area contributed by atoms with Crippen molar-refractivity contribution in [1.29, 1.82) is 0 Å². The average Bonchev–Trinajstić information content (AvgIpc) is 2.29. The van der Waals surface area contributed by atoms with Crippen molar-refractivity contribution in [1.82, 2.24) is 4.98 Å². The van der Waals surface area contributed by atoms with Crippen molar-refractivity contribution in [2.24, 2.45) is 11.7 Å². The van der Waals surface area contributed by atoms with Gasteiger partial charge in [0.15, 0.2) is 0 Å². The van der Waals surface area contributed by atoms with Crippen LogP contribution in [0.4, 0.5) is 18.9 Å². The minimum atomic E-state index is -4.61. The molecule has 0 aliphatic heterocycles. The third-order valence-electron chi connectivity index (χ3n) is 2.51. The van der Waals surface area contributed by atoms with E-state index in [1.165, 1.54) is 0 Å². The van der Waals surface area contributed by atoms with E-state index in [1.807, 2.05) is 4.98 Å². The number of nitrogens with two attached hydrogens (primary N) is 1. The zero-order valence-corrected chi connectivity index (χ0v) is 11.6. The number of carbonyl (C=O) groups is 1. The molecule has 1 rings (SSSR count). The molecule has 20 heavy (non-hydrogen) atoms. The maximum absolute atomic E-state index is 12.5. The molecule has 0 radical (unpaired) electrons. The number of alkyl halides is 3. The minimum Gasteiger partial charge on any atom is -0.327 e. The van der Waals surface area contributed by atoms with Gasteiger partial charge in [0.2, 0.25) is 5.91 Å². The Morgan fingerprint density at radius 1 is 1.40 bits per heavy atom. The number of amides is 1. The number of hydrogen-bond acceptors (Lipinski definition) is 3. The van der Waals surface area contributed by atoms with Crippen LogP contribution in [0.1, 0.15) is 19.4 Å². The highest BCUT2D eigenvalue weighted by Crippen LogP contribution is 2.29. The number of pyridine rings is 1. The van der Waals surface area contributed by atoms with Gasteiger partial charge in [-0.25, -0.2) is 0 Å². The van der Waals surface area contributed by atoms with E-state index in [0.29, 0.717) is 12.3 Å². The van der Waals surface area contributed by atoms with Crippen molar-refractivity contribution in [2.45, 2.75) is 26.1 Å². The molecule has 1 aromatic heterocycles. The van der Waals surface area contributed by atoms with E-state index in [-0.39, 0.29) is 18.3 Å². The molecule has 5 nitrogen and oxygen atoms in total. The van der Waals surface area contributed by atoms with Gasteiger partial charge in [0.25, 0.3) is 5.56 Å². The molecule has 0 bridgehead atoms. The van der Waals surface area contributed by atoms with Crippen LogP contribution < -0.4 is 16.6 Å². The third kappa shape index (κ3) is 4.53. The van der Waals surface area contributed by atoms with E-state index in [0.717, 1.165) is 0 Å². The highest BCUT2D eigenvalue weighted by atomic mass is 35.5. The van der Waals surface area contributed by atoms with Crippen molar-refractivity contribution in [3.63, 3.8) is 0 Å². The minimum absolute atomic E-state index is 0. The normalized spacial score (nSPS) is 12.8. The highest BCUT2D eigenvalue weighted by molar-refractivity contribution is 5.94. The summed E-state index contributed by atoms with van der Waals surface area (Å²) >= 11 is 0. The summed E-state index contributed by atoms with van der Waals surface area (Å²) in [5.41, 5.74) is 3.18. The second-order valence-electron chi connectivity index (χ2n) is 4.39. The number of aromatic nitrogens is 1. The quantitative estimate of drug-likeness (QED) is 0.794. The number of rotatable bonds is 3. The van der Waals surface area contributed by atoms with Crippen molar-refractivity contribution in [2.75, 3.05) is 5.32 Å². The zero-order chi connectivity index (χ0) is 14.8. The summed E-state index contributed by atoms with van der Waals surface area (Å²) in [5.74, 6) is -0.912. The maximum Gasteiger partial charge on any atom is 0.417 e. The first-order valence-corrected chi connectivity index (χ1v) is 5.49. The van der Waals surface area contributed by atoms with E-state index in [1.54, 1.807) is 13.8 Å². The van der Waals surface area contributed by atoms with Gasteiger partial charge in [-0.15, -0.1) is 12.4 Å². The second-order valence-corrected chi connectivity index (χ2v) is 4.39. The standard InChI is InChI=1S/C11H14F3N3O2.ClH/c1-5(2)8(15)10(19)17-7-3-6(11(12,13)14)4-16-9(7)18;/h3-5,8H,15H2,1-2H3,(H,16,18)(H,17,19);1H. The van der Waals surface area contributed by atoms with E-state index < -0.39 is 34.9 Å². The summed E-state index contributed by atoms with van der Waals surface area (Å²) in [5, 5.41) is 2.10. The Morgan fingerprint density at radius 3 is 2.40 bits per heavy atom. The summed E-state index contributed by atoms with van der Waals surface area (Å²) in [7, 11) is 0. The molecule has 9 heteroatoms. The average molecular weight is 314 g/mol. The number of nitrogens with one attached hydrogen (secondary N) is 2. The van der Waals surface area contributed by atoms with E-state index >= 15 is 0 Å². The van der Waals surface area contributed by atoms with Gasteiger partial charge in [-0.1, -0.05) is 13.8 Å². The lowest BCUT2D eigenvalue weighted by atomic mass is 10.0. The summed E-state index contributed by atoms with van der Waals surface area (Å²) in [6.45, 7) is 3.36. The smallest absolute Gasteiger partial charge is 0.327 e. The first-order valence-electron chi connectivity index (χ1n) is 5.49. The molecule has 0 aliphatic carbocycles. The highest BCUT2D eigenvalue weighted by Gasteiger charge is 2.31. The van der Waals surface area contributed by atoms with Crippen LogP contribution in [-0.2, 0) is 11.0 Å². The molecule has 0 saturated carbocycles. The number of hydrogen-bond donors (Lipinski definition) is 3. The summed E-state index contributed by atoms with van der Waals surface area (Å²) < 4.78 is 37.4. The molecule has 0 spiro atoms. The summed E-state index contributed by atoms with van der Waals surface area (Å²) in [6.07, 6.45) is -4.07. The topological polar surface area (TPSA) is 88.0 Å². The lowest BCUT2D eigenvalue weighted by molar-refractivity contribution is -0.137. The fraction of sp³-hybridized carbons (Fsp3) is 0.455. The molecule has 0 fully saturated rings. The lowest BCUT2D eigenvalue weighted by Gasteiger charge is -2.15. The fourth-order valence-electron chi connectivity index (χ4n) is 1.26. The molecule has 1 amide bonds. The molecule has 1 atom stereocenters. The monoisotopic (exact) mass is 313 g/mol. The van der Waals surface area contributed by atoms with Crippen LogP contribution in [0, 0.1) is 5.92 Å². The molecular weight excluding hydrogens is 299 g/mol. The Kier molecular flexibility index (Phi) is 6.24. The number of aromatic amines is 1. The molecule has 0 saturated heterocycles. The van der Waals surface area contributed by atoms with Crippen molar-refractivity contribution < 1.29 is 18.0 Å². The molecule has 4 N–H and O–H groups in total. The Bertz CT molecular complexity index is 528. The summed E-state index contributed by atoms with van der Waals surface area (Å²) in [4.78, 5) is 24.9. The van der Waals surface area contributed by atoms with E-state index in [2.05, 4.69) is 5.32 Å². The Hall–Kier alpha value is -1.54. The zero-order valence-electron chi connectivity index (χ0n) is 10.7. The SMILES string of the molecule is CC(C)C(N)C(=O)Nc1cc(C(F)(F)F)c[nH]c1=O.Cl. The molecule has 1 heterocycles. The first-order chi connectivity index (χ1) is 8.62. The van der Waals surface area contributed by atoms with Gasteiger partial charge >= 0.3 is 6.18 Å². The van der Waals surface area contributed by atoms with Crippen molar-refractivity contribution >= 4 is 24.0 Å². The summed E-state index contributed by atoms with van der Waals surface area (Å²) in [6, 6.07) is -0.335. The van der Waals surface area contributed by atoms with Gasteiger partial charge in [0, 0.05) is 6.20 Å². The van der Waals surface area contributed by atoms with Gasteiger partial charge in [-0.3, -0.25) is 9.59 Å². The van der Waals surface area contributed by atoms with Crippen LogP contribution in [0.2, 0.25) is 0 Å². The predicted octanol–water partition coefficient (Wildman–Crippen LogP) is 1.74. The largest absolute Gasteiger partial charge is 0.417 e. The van der Waals surface area contributed by atoms with Gasteiger partial charge in [0.05, 0.1) is 11.6 Å². The number of halogens is 4. The van der Waals surface area contributed by atoms with Crippen LogP contribution in [0.5, 0.6) is 0 Å². The van der Waals surface area contributed by atoms with Gasteiger partial charge < -0.3 is 16.0 Å². The molecule has 1 aromatic rings. The van der Waals surface area contributed by atoms with Crippen LogP contribution in [0.25, 0.3) is 0 Å². The van der Waals surface area contributed by atoms with Crippen molar-refractivity contribution in [3.05, 3.63) is 28.2 Å². The van der Waals surface area contributed by atoms with Gasteiger partial charge in [0.1, 0.15) is 5.69 Å². The molecular formula is C11H15ClF3N3O2. The molecule has 0 aliphatic rings. The Balaban J connectivity index is 0.00000361. The van der Waals surface area contributed by atoms with Crippen LogP contribution in [-0.4, -0.2) is 16.9 Å². The lowest BCUT2D eigenvalue weighted by Crippen LogP contribution is -2.40. The van der Waals surface area contributed by atoms with E-state index in [4.69, 9.17) is 5.73 Å². The molecule has 0 aromatic carbocycles. The molecule has 1 unspecified atom stereocenters. The predicted molar refractivity (Wildman–Crippen MR) is 70.8 cm³/mol. The van der Waals surface area contributed by atoms with Crippen LogP contribution in [0.15, 0.2) is 17.1 Å². The number of H-pyrrole nitrogens is 1. The first kappa shape index (κ1) is 18.5. The molecule has 114 valence electrons. The van der Waals surface area contributed by atoms with Crippen LogP contribution >= 0.6 is 12.4 Å². The maximum atomic E-state index is 12.5.